The smallest absolute Gasteiger partial charge is 0.213 e. The number of halogens is 1. The number of hydrogen-bond donors (Lipinski definition) is 2. The summed E-state index contributed by atoms with van der Waals surface area (Å²) in [5.41, 5.74) is 2.44. The summed E-state index contributed by atoms with van der Waals surface area (Å²) in [7, 11) is 0. The summed E-state index contributed by atoms with van der Waals surface area (Å²) in [6, 6.07) is 6.15. The Kier molecular flexibility index (Phi) is 9.33. The number of ether oxygens (including phenoxy) is 1. The van der Waals surface area contributed by atoms with E-state index in [2.05, 4.69) is 51.3 Å². The van der Waals surface area contributed by atoms with Crippen LogP contribution in [0.5, 0.6) is 5.88 Å². The maximum Gasteiger partial charge on any atom is 0.213 e. The molecule has 0 bridgehead atoms. The largest absolute Gasteiger partial charge is 0.477 e. The molecule has 1 fully saturated rings. The molecule has 1 aliphatic carbocycles. The molecule has 1 unspecified atom stereocenters. The molecule has 7 heteroatoms. The number of guanidine groups is 1. The Bertz CT molecular complexity index is 687. The number of hydrogen-bond acceptors (Lipinski definition) is 4. The van der Waals surface area contributed by atoms with Gasteiger partial charge in [0.1, 0.15) is 0 Å². The Balaban J connectivity index is 0.00000261. The third-order valence-corrected chi connectivity index (χ3v) is 5.11. The highest BCUT2D eigenvalue weighted by Gasteiger charge is 2.22. The van der Waals surface area contributed by atoms with Gasteiger partial charge >= 0.3 is 0 Å². The maximum absolute atomic E-state index is 5.68. The molecule has 0 amide bonds. The normalized spacial score (nSPS) is 15.0. The fourth-order valence-electron chi connectivity index (χ4n) is 2.51. The quantitative estimate of drug-likeness (QED) is 0.304. The van der Waals surface area contributed by atoms with E-state index in [9.17, 15) is 0 Å². The van der Waals surface area contributed by atoms with Crippen LogP contribution in [0.1, 0.15) is 43.7 Å². The van der Waals surface area contributed by atoms with E-state index in [1.54, 1.807) is 11.3 Å². The number of nitrogens with zero attached hydrogens (tertiary/aromatic N) is 2. The second-order valence-electron chi connectivity index (χ2n) is 6.79. The first-order valence-electron chi connectivity index (χ1n) is 9.36. The first-order valence-corrected chi connectivity index (χ1v) is 10.3. The lowest BCUT2D eigenvalue weighted by atomic mass is 10.1. The average Bonchev–Trinajstić information content (AvgIpc) is 3.33. The van der Waals surface area contributed by atoms with Crippen LogP contribution < -0.4 is 15.4 Å². The van der Waals surface area contributed by atoms with Gasteiger partial charge in [0.25, 0.3) is 0 Å². The second kappa shape index (κ2) is 11.5. The van der Waals surface area contributed by atoms with E-state index in [1.165, 1.54) is 18.4 Å². The molecule has 5 nitrogen and oxygen atoms in total. The summed E-state index contributed by atoms with van der Waals surface area (Å²) < 4.78 is 5.68. The number of aromatic nitrogens is 1. The van der Waals surface area contributed by atoms with Gasteiger partial charge in [-0.05, 0) is 59.6 Å². The van der Waals surface area contributed by atoms with Gasteiger partial charge in [0, 0.05) is 25.4 Å². The zero-order valence-electron chi connectivity index (χ0n) is 16.0. The minimum absolute atomic E-state index is 0. The third kappa shape index (κ3) is 7.65. The molecule has 1 atom stereocenters. The van der Waals surface area contributed by atoms with E-state index in [-0.39, 0.29) is 24.0 Å². The highest BCUT2D eigenvalue weighted by atomic mass is 127. The van der Waals surface area contributed by atoms with Crippen molar-refractivity contribution in [2.75, 3.05) is 19.7 Å². The molecular formula is C20H29IN4OS. The van der Waals surface area contributed by atoms with Crippen LogP contribution in [0, 0.1) is 5.92 Å². The summed E-state index contributed by atoms with van der Waals surface area (Å²) in [4.78, 5) is 9.05. The Morgan fingerprint density at radius 3 is 2.81 bits per heavy atom. The molecule has 2 heterocycles. The van der Waals surface area contributed by atoms with Gasteiger partial charge in [0.15, 0.2) is 5.96 Å². The summed E-state index contributed by atoms with van der Waals surface area (Å²) in [6.45, 7) is 7.38. The fourth-order valence-corrected chi connectivity index (χ4v) is 3.29. The van der Waals surface area contributed by atoms with Crippen LogP contribution in [0.25, 0.3) is 0 Å². The van der Waals surface area contributed by atoms with E-state index in [0.717, 1.165) is 37.1 Å². The Morgan fingerprint density at radius 2 is 2.19 bits per heavy atom. The van der Waals surface area contributed by atoms with Gasteiger partial charge in [-0.15, -0.1) is 24.0 Å². The van der Waals surface area contributed by atoms with Crippen molar-refractivity contribution in [3.05, 3.63) is 46.3 Å². The standard InChI is InChI=1S/C20H28N4OS.HI/c1-3-21-20(23-10-15(2)18-8-9-26-14-18)24-12-17-6-7-19(22-11-17)25-13-16-4-5-16;/h6-9,11,14-16H,3-5,10,12-13H2,1-2H3,(H2,21,23,24);1H. The maximum atomic E-state index is 5.68. The summed E-state index contributed by atoms with van der Waals surface area (Å²) in [5.74, 6) is 2.74. The minimum Gasteiger partial charge on any atom is -0.477 e. The van der Waals surface area contributed by atoms with Crippen LogP contribution in [0.3, 0.4) is 0 Å². The molecule has 0 aromatic carbocycles. The highest BCUT2D eigenvalue weighted by molar-refractivity contribution is 14.0. The summed E-state index contributed by atoms with van der Waals surface area (Å²) >= 11 is 1.74. The molecule has 1 aliphatic rings. The molecule has 0 spiro atoms. The lowest BCUT2D eigenvalue weighted by Gasteiger charge is -2.15. The van der Waals surface area contributed by atoms with Crippen molar-refractivity contribution >= 4 is 41.3 Å². The molecule has 0 saturated heterocycles. The Hall–Kier alpha value is -1.35. The predicted molar refractivity (Wildman–Crippen MR) is 123 cm³/mol. The zero-order chi connectivity index (χ0) is 18.2. The number of aliphatic imine (C=N–C) groups is 1. The van der Waals surface area contributed by atoms with Gasteiger partial charge in [-0.25, -0.2) is 9.98 Å². The van der Waals surface area contributed by atoms with Gasteiger partial charge < -0.3 is 15.4 Å². The number of pyridine rings is 1. The number of nitrogens with one attached hydrogen (secondary N) is 2. The number of thiophene rings is 1. The SMILES string of the molecule is CCNC(=NCc1ccc(OCC2CC2)nc1)NCC(C)c1ccsc1.I. The average molecular weight is 500 g/mol. The van der Waals surface area contributed by atoms with E-state index in [0.29, 0.717) is 18.3 Å². The second-order valence-corrected chi connectivity index (χ2v) is 7.57. The number of rotatable bonds is 9. The van der Waals surface area contributed by atoms with Crippen molar-refractivity contribution in [1.82, 2.24) is 15.6 Å². The molecule has 3 rings (SSSR count). The van der Waals surface area contributed by atoms with Crippen LogP contribution >= 0.6 is 35.3 Å². The third-order valence-electron chi connectivity index (χ3n) is 4.41. The monoisotopic (exact) mass is 500 g/mol. The lowest BCUT2D eigenvalue weighted by Crippen LogP contribution is -2.39. The molecule has 2 N–H and O–H groups in total. The van der Waals surface area contributed by atoms with E-state index >= 15 is 0 Å². The van der Waals surface area contributed by atoms with Gasteiger partial charge in [0.05, 0.1) is 13.2 Å². The van der Waals surface area contributed by atoms with Gasteiger partial charge in [-0.2, -0.15) is 11.3 Å². The fraction of sp³-hybridized carbons (Fsp3) is 0.500. The molecule has 148 valence electrons. The topological polar surface area (TPSA) is 58.5 Å². The molecule has 2 aromatic rings. The predicted octanol–water partition coefficient (Wildman–Crippen LogP) is 4.41. The van der Waals surface area contributed by atoms with Crippen molar-refractivity contribution in [2.45, 2.75) is 39.2 Å². The lowest BCUT2D eigenvalue weighted by molar-refractivity contribution is 0.288. The van der Waals surface area contributed by atoms with E-state index in [4.69, 9.17) is 4.74 Å². The Morgan fingerprint density at radius 1 is 1.33 bits per heavy atom. The van der Waals surface area contributed by atoms with Gasteiger partial charge in [0.2, 0.25) is 5.88 Å². The van der Waals surface area contributed by atoms with Crippen molar-refractivity contribution < 1.29 is 4.74 Å². The van der Waals surface area contributed by atoms with Crippen molar-refractivity contribution in [2.24, 2.45) is 10.9 Å². The minimum atomic E-state index is 0. The molecule has 2 aromatic heterocycles. The van der Waals surface area contributed by atoms with Crippen LogP contribution in [0.2, 0.25) is 0 Å². The van der Waals surface area contributed by atoms with Crippen molar-refractivity contribution in [3.63, 3.8) is 0 Å². The molecule has 1 saturated carbocycles. The van der Waals surface area contributed by atoms with Crippen LogP contribution in [-0.2, 0) is 6.54 Å². The first-order chi connectivity index (χ1) is 12.7. The molecule has 0 aliphatic heterocycles. The zero-order valence-corrected chi connectivity index (χ0v) is 19.1. The molecule has 0 radical (unpaired) electrons. The van der Waals surface area contributed by atoms with Gasteiger partial charge in [-0.1, -0.05) is 13.0 Å². The van der Waals surface area contributed by atoms with Crippen molar-refractivity contribution in [3.8, 4) is 5.88 Å². The van der Waals surface area contributed by atoms with Crippen LogP contribution in [0.15, 0.2) is 40.1 Å². The highest BCUT2D eigenvalue weighted by Crippen LogP contribution is 2.29. The Labute approximate surface area is 183 Å². The first kappa shape index (κ1) is 21.9. The summed E-state index contributed by atoms with van der Waals surface area (Å²) in [5, 5.41) is 11.1. The summed E-state index contributed by atoms with van der Waals surface area (Å²) in [6.07, 6.45) is 4.43. The van der Waals surface area contributed by atoms with Gasteiger partial charge in [-0.3, -0.25) is 0 Å². The van der Waals surface area contributed by atoms with Crippen molar-refractivity contribution in [1.29, 1.82) is 0 Å². The van der Waals surface area contributed by atoms with Crippen LogP contribution in [0.4, 0.5) is 0 Å². The van der Waals surface area contributed by atoms with E-state index < -0.39 is 0 Å². The molecule has 27 heavy (non-hydrogen) atoms. The van der Waals surface area contributed by atoms with Crippen LogP contribution in [-0.4, -0.2) is 30.6 Å². The van der Waals surface area contributed by atoms with E-state index in [1.807, 2.05) is 18.3 Å². The molecular weight excluding hydrogens is 471 g/mol.